The lowest BCUT2D eigenvalue weighted by Gasteiger charge is -2.11. The predicted octanol–water partition coefficient (Wildman–Crippen LogP) is 10.9. The maximum atomic E-state index is 4.99. The van der Waals surface area contributed by atoms with Crippen molar-refractivity contribution in [3.63, 3.8) is 0 Å². The average Bonchev–Trinajstić information content (AvgIpc) is 3.91. The quantitative estimate of drug-likeness (QED) is 0.178. The maximum Gasteiger partial charge on any atom is 0.100 e. The van der Waals surface area contributed by atoms with Crippen molar-refractivity contribution >= 4 is 77.2 Å². The SMILES string of the molecule is CC1(C)CSC(c2cncc(-n3c4ccccc4c4cc(-c5ccc6c(c5)c5ccccc5n6-c5cncc(C6=NC(C)(C)CS6)c5)ccc43)c2)=N1. The van der Waals surface area contributed by atoms with E-state index in [1.54, 1.807) is 0 Å². The fourth-order valence-corrected chi connectivity index (χ4v) is 9.95. The van der Waals surface area contributed by atoms with Crippen molar-refractivity contribution in [2.75, 3.05) is 11.5 Å². The van der Waals surface area contributed by atoms with Crippen molar-refractivity contribution in [1.29, 1.82) is 0 Å². The number of aromatic nitrogens is 4. The standard InChI is InChI=1S/C44H36N6S2/c1-43(2)25-51-41(47-43)29-17-31(23-45-21-29)49-37-11-7-5-9-33(37)35-19-27(13-15-39(35)49)28-14-16-40-36(20-28)34-10-6-8-12-38(34)50(40)32-18-30(22-46-24-32)42-48-44(3,4)26-52-42/h5-24H,25-26H2,1-4H3. The van der Waals surface area contributed by atoms with E-state index < -0.39 is 0 Å². The average molecular weight is 713 g/mol. The van der Waals surface area contributed by atoms with Crippen LogP contribution in [0.1, 0.15) is 38.8 Å². The Morgan fingerprint density at radius 3 is 1.31 bits per heavy atom. The van der Waals surface area contributed by atoms with Gasteiger partial charge in [-0.3, -0.25) is 20.0 Å². The van der Waals surface area contributed by atoms with Crippen LogP contribution >= 0.6 is 23.5 Å². The molecule has 8 aromatic rings. The van der Waals surface area contributed by atoms with Gasteiger partial charge in [0, 0.05) is 56.6 Å². The topological polar surface area (TPSA) is 60.4 Å². The molecule has 0 saturated heterocycles. The van der Waals surface area contributed by atoms with Gasteiger partial charge in [0.05, 0.1) is 56.9 Å². The Hall–Kier alpha value is -5.18. The Morgan fingerprint density at radius 1 is 0.462 bits per heavy atom. The van der Waals surface area contributed by atoms with Crippen LogP contribution in [-0.2, 0) is 0 Å². The number of rotatable bonds is 5. The van der Waals surface area contributed by atoms with Crippen molar-refractivity contribution in [1.82, 2.24) is 19.1 Å². The van der Waals surface area contributed by atoms with Gasteiger partial charge in [-0.15, -0.1) is 23.5 Å². The fourth-order valence-electron chi connectivity index (χ4n) is 7.66. The van der Waals surface area contributed by atoms with Gasteiger partial charge in [-0.2, -0.15) is 0 Å². The van der Waals surface area contributed by atoms with E-state index in [4.69, 9.17) is 20.0 Å². The van der Waals surface area contributed by atoms with Crippen LogP contribution in [0.2, 0.25) is 0 Å². The molecule has 6 heterocycles. The second kappa shape index (κ2) is 11.7. The number of nitrogens with zero attached hydrogens (tertiary/aromatic N) is 6. The second-order valence-corrected chi connectivity index (χ2v) is 17.0. The number of hydrogen-bond acceptors (Lipinski definition) is 6. The minimum absolute atomic E-state index is 0.0545. The molecule has 8 heteroatoms. The molecular weight excluding hydrogens is 677 g/mol. The molecule has 10 rings (SSSR count). The zero-order chi connectivity index (χ0) is 35.2. The number of thioether (sulfide) groups is 2. The number of hydrogen-bond donors (Lipinski definition) is 0. The number of fused-ring (bicyclic) bond motifs is 6. The number of para-hydroxylation sites is 2. The molecule has 2 aliphatic rings. The minimum atomic E-state index is -0.0545. The molecule has 0 unspecified atom stereocenters. The monoisotopic (exact) mass is 712 g/mol. The third kappa shape index (κ3) is 5.19. The molecular formula is C44H36N6S2. The van der Waals surface area contributed by atoms with E-state index in [9.17, 15) is 0 Å². The van der Waals surface area contributed by atoms with Crippen LogP contribution in [0.25, 0.3) is 66.1 Å². The van der Waals surface area contributed by atoms with Crippen LogP contribution in [0.15, 0.2) is 132 Å². The van der Waals surface area contributed by atoms with Gasteiger partial charge in [-0.1, -0.05) is 48.5 Å². The lowest BCUT2D eigenvalue weighted by atomic mass is 10.0. The summed E-state index contributed by atoms with van der Waals surface area (Å²) in [5.41, 5.74) is 11.1. The third-order valence-corrected chi connectivity index (χ3v) is 13.0. The van der Waals surface area contributed by atoms with E-state index in [0.717, 1.165) is 66.2 Å². The van der Waals surface area contributed by atoms with Gasteiger partial charge in [0.15, 0.2) is 0 Å². The largest absolute Gasteiger partial charge is 0.308 e. The molecule has 0 aliphatic carbocycles. The molecule has 0 spiro atoms. The Labute approximate surface area is 310 Å². The van der Waals surface area contributed by atoms with E-state index in [0.29, 0.717) is 0 Å². The van der Waals surface area contributed by atoms with Crippen molar-refractivity contribution in [2.24, 2.45) is 9.98 Å². The number of pyridine rings is 2. The molecule has 4 aromatic heterocycles. The van der Waals surface area contributed by atoms with Crippen LogP contribution in [-0.4, -0.2) is 51.8 Å². The summed E-state index contributed by atoms with van der Waals surface area (Å²) in [6.45, 7) is 8.75. The summed E-state index contributed by atoms with van der Waals surface area (Å²) < 4.78 is 4.68. The maximum absolute atomic E-state index is 4.99. The molecule has 2 aliphatic heterocycles. The molecule has 254 valence electrons. The first kappa shape index (κ1) is 31.5. The molecule has 0 fully saturated rings. The summed E-state index contributed by atoms with van der Waals surface area (Å²) in [5, 5.41) is 7.00. The fraction of sp³-hybridized carbons (Fsp3) is 0.182. The molecule has 0 atom stereocenters. The highest BCUT2D eigenvalue weighted by atomic mass is 32.2. The van der Waals surface area contributed by atoms with Crippen LogP contribution in [0.4, 0.5) is 0 Å². The smallest absolute Gasteiger partial charge is 0.100 e. The lowest BCUT2D eigenvalue weighted by molar-refractivity contribution is 0.604. The highest BCUT2D eigenvalue weighted by molar-refractivity contribution is 8.15. The van der Waals surface area contributed by atoms with Crippen LogP contribution in [0.5, 0.6) is 0 Å². The zero-order valence-corrected chi connectivity index (χ0v) is 31.1. The van der Waals surface area contributed by atoms with Gasteiger partial charge in [0.2, 0.25) is 0 Å². The number of benzene rings is 4. The first-order chi connectivity index (χ1) is 25.2. The first-order valence-electron chi connectivity index (χ1n) is 17.7. The van der Waals surface area contributed by atoms with E-state index in [1.807, 2.05) is 48.3 Å². The molecule has 6 nitrogen and oxygen atoms in total. The molecule has 52 heavy (non-hydrogen) atoms. The Balaban J connectivity index is 1.10. The summed E-state index contributed by atoms with van der Waals surface area (Å²) in [6.07, 6.45) is 7.80. The van der Waals surface area contributed by atoms with Gasteiger partial charge < -0.3 is 9.13 Å². The van der Waals surface area contributed by atoms with Gasteiger partial charge in [-0.05, 0) is 87.4 Å². The van der Waals surface area contributed by atoms with E-state index in [-0.39, 0.29) is 11.1 Å². The highest BCUT2D eigenvalue weighted by Gasteiger charge is 2.28. The Bertz CT molecular complexity index is 2630. The molecule has 4 aromatic carbocycles. The Kier molecular flexibility index (Phi) is 7.08. The van der Waals surface area contributed by atoms with E-state index in [2.05, 4.69) is 134 Å². The predicted molar refractivity (Wildman–Crippen MR) is 222 cm³/mol. The Morgan fingerprint density at radius 2 is 0.885 bits per heavy atom. The normalized spacial score (nSPS) is 16.7. The molecule has 0 bridgehead atoms. The van der Waals surface area contributed by atoms with Gasteiger partial charge >= 0.3 is 0 Å². The van der Waals surface area contributed by atoms with Crippen LogP contribution in [0, 0.1) is 0 Å². The van der Waals surface area contributed by atoms with Crippen molar-refractivity contribution in [2.45, 2.75) is 38.8 Å². The molecule has 0 amide bonds. The summed E-state index contributed by atoms with van der Waals surface area (Å²) >= 11 is 3.63. The number of aliphatic imine (C=N–C) groups is 2. The highest BCUT2D eigenvalue weighted by Crippen LogP contribution is 2.39. The molecule has 0 saturated carbocycles. The van der Waals surface area contributed by atoms with Crippen LogP contribution in [0.3, 0.4) is 0 Å². The van der Waals surface area contributed by atoms with Crippen molar-refractivity contribution in [3.8, 4) is 22.5 Å². The van der Waals surface area contributed by atoms with E-state index in [1.165, 1.54) is 32.7 Å². The van der Waals surface area contributed by atoms with Gasteiger partial charge in [0.25, 0.3) is 0 Å². The second-order valence-electron chi connectivity index (χ2n) is 15.1. The minimum Gasteiger partial charge on any atom is -0.308 e. The molecule has 0 radical (unpaired) electrons. The first-order valence-corrected chi connectivity index (χ1v) is 19.6. The third-order valence-electron chi connectivity index (χ3n) is 10.1. The van der Waals surface area contributed by atoms with Crippen molar-refractivity contribution < 1.29 is 0 Å². The summed E-state index contributed by atoms with van der Waals surface area (Å²) in [6, 6.07) is 35.5. The summed E-state index contributed by atoms with van der Waals surface area (Å²) in [5.74, 6) is 1.96. The van der Waals surface area contributed by atoms with Crippen molar-refractivity contribution in [3.05, 3.63) is 133 Å². The van der Waals surface area contributed by atoms with Crippen LogP contribution < -0.4 is 0 Å². The lowest BCUT2D eigenvalue weighted by Crippen LogP contribution is -2.15. The van der Waals surface area contributed by atoms with Gasteiger partial charge in [0.1, 0.15) is 10.1 Å². The molecule has 0 N–H and O–H groups in total. The summed E-state index contributed by atoms with van der Waals surface area (Å²) in [7, 11) is 0. The zero-order valence-electron chi connectivity index (χ0n) is 29.5. The van der Waals surface area contributed by atoms with E-state index >= 15 is 0 Å². The van der Waals surface area contributed by atoms with Gasteiger partial charge in [-0.25, -0.2) is 0 Å². The summed E-state index contributed by atoms with van der Waals surface area (Å²) in [4.78, 5) is 19.4.